The second-order valence-corrected chi connectivity index (χ2v) is 8.70. The molecule has 7 nitrogen and oxygen atoms in total. The minimum Gasteiger partial charge on any atom is -0.497 e. The summed E-state index contributed by atoms with van der Waals surface area (Å²) in [5.41, 5.74) is 2.31. The summed E-state index contributed by atoms with van der Waals surface area (Å²) in [5, 5.41) is 0. The largest absolute Gasteiger partial charge is 0.497 e. The highest BCUT2D eigenvalue weighted by atomic mass is 16.5. The summed E-state index contributed by atoms with van der Waals surface area (Å²) >= 11 is 0. The van der Waals surface area contributed by atoms with Crippen molar-refractivity contribution in [3.05, 3.63) is 89.6 Å². The minimum absolute atomic E-state index is 0.0493. The van der Waals surface area contributed by atoms with E-state index in [1.165, 1.54) is 0 Å². The van der Waals surface area contributed by atoms with Crippen molar-refractivity contribution < 1.29 is 14.3 Å². The van der Waals surface area contributed by atoms with Crippen LogP contribution in [0.25, 0.3) is 0 Å². The molecule has 1 saturated heterocycles. The third kappa shape index (κ3) is 3.87. The van der Waals surface area contributed by atoms with Gasteiger partial charge in [-0.2, -0.15) is 0 Å². The Bertz CT molecular complexity index is 1170. The van der Waals surface area contributed by atoms with E-state index in [1.54, 1.807) is 25.3 Å². The SMILES string of the molecule is COc1ccc([C@@H]2[C@@H](C(=O)N3CCN(c4ccccn4)CC3)c3ccccc3C(=O)N2C)cc1. The van der Waals surface area contributed by atoms with Gasteiger partial charge in [0, 0.05) is 45.0 Å². The van der Waals surface area contributed by atoms with Gasteiger partial charge in [0.2, 0.25) is 5.91 Å². The standard InChI is InChI=1S/C27H28N4O3/c1-29-25(19-10-12-20(34-2)13-11-19)24(21-7-3-4-8-22(21)26(29)32)27(33)31-17-15-30(16-18-31)23-9-5-6-14-28-23/h3-14,24-25H,15-18H2,1-2H3/t24-,25+/m0/s1. The fourth-order valence-electron chi connectivity index (χ4n) is 5.05. The maximum atomic E-state index is 14.0. The van der Waals surface area contributed by atoms with Crippen molar-refractivity contribution in [2.75, 3.05) is 45.2 Å². The van der Waals surface area contributed by atoms with Gasteiger partial charge in [0.05, 0.1) is 19.1 Å². The van der Waals surface area contributed by atoms with E-state index in [9.17, 15) is 9.59 Å². The molecule has 0 N–H and O–H groups in total. The van der Waals surface area contributed by atoms with Crippen LogP contribution in [0.1, 0.15) is 33.4 Å². The first-order chi connectivity index (χ1) is 16.6. The lowest BCUT2D eigenvalue weighted by Gasteiger charge is -2.43. The maximum absolute atomic E-state index is 14.0. The van der Waals surface area contributed by atoms with Gasteiger partial charge in [-0.1, -0.05) is 36.4 Å². The minimum atomic E-state index is -0.478. The van der Waals surface area contributed by atoms with Gasteiger partial charge < -0.3 is 19.4 Å². The third-order valence-electron chi connectivity index (χ3n) is 6.87. The molecule has 1 fully saturated rings. The van der Waals surface area contributed by atoms with Crippen molar-refractivity contribution in [1.82, 2.24) is 14.8 Å². The summed E-state index contributed by atoms with van der Waals surface area (Å²) in [6, 6.07) is 20.6. The van der Waals surface area contributed by atoms with Crippen LogP contribution in [0.5, 0.6) is 5.75 Å². The number of likely N-dealkylation sites (N-methyl/N-ethyl adjacent to an activating group) is 1. The predicted octanol–water partition coefficient (Wildman–Crippen LogP) is 3.35. The zero-order valence-electron chi connectivity index (χ0n) is 19.4. The van der Waals surface area contributed by atoms with Gasteiger partial charge in [0.15, 0.2) is 0 Å². The molecule has 2 aromatic carbocycles. The number of aromatic nitrogens is 1. The van der Waals surface area contributed by atoms with Gasteiger partial charge in [-0.15, -0.1) is 0 Å². The van der Waals surface area contributed by atoms with E-state index < -0.39 is 12.0 Å². The van der Waals surface area contributed by atoms with Gasteiger partial charge >= 0.3 is 0 Å². The van der Waals surface area contributed by atoms with E-state index in [4.69, 9.17) is 4.74 Å². The van der Waals surface area contributed by atoms with Crippen LogP contribution < -0.4 is 9.64 Å². The summed E-state index contributed by atoms with van der Waals surface area (Å²) in [7, 11) is 3.41. The molecule has 0 saturated carbocycles. The number of amides is 2. The molecule has 2 aliphatic rings. The molecule has 0 bridgehead atoms. The summed E-state index contributed by atoms with van der Waals surface area (Å²) in [6.07, 6.45) is 1.79. The third-order valence-corrected chi connectivity index (χ3v) is 6.87. The molecule has 34 heavy (non-hydrogen) atoms. The highest BCUT2D eigenvalue weighted by Gasteiger charge is 2.44. The summed E-state index contributed by atoms with van der Waals surface area (Å²) in [4.78, 5) is 37.6. The van der Waals surface area contributed by atoms with E-state index in [0.29, 0.717) is 18.7 Å². The summed E-state index contributed by atoms with van der Waals surface area (Å²) in [5.74, 6) is 1.17. The Kier molecular flexibility index (Phi) is 5.92. The first-order valence-electron chi connectivity index (χ1n) is 11.5. The Balaban J connectivity index is 1.46. The number of pyridine rings is 1. The van der Waals surface area contributed by atoms with E-state index >= 15 is 0 Å². The van der Waals surface area contributed by atoms with Crippen molar-refractivity contribution in [2.45, 2.75) is 12.0 Å². The van der Waals surface area contributed by atoms with E-state index in [2.05, 4.69) is 9.88 Å². The average molecular weight is 457 g/mol. The van der Waals surface area contributed by atoms with Crippen LogP contribution in [0.15, 0.2) is 72.9 Å². The van der Waals surface area contributed by atoms with Crippen LogP contribution in [-0.4, -0.2) is 66.9 Å². The van der Waals surface area contributed by atoms with Crippen molar-refractivity contribution in [2.24, 2.45) is 0 Å². The van der Waals surface area contributed by atoms with Crippen molar-refractivity contribution in [3.63, 3.8) is 0 Å². The maximum Gasteiger partial charge on any atom is 0.254 e. The first-order valence-corrected chi connectivity index (χ1v) is 11.5. The number of carbonyl (C=O) groups is 2. The van der Waals surface area contributed by atoms with Crippen LogP contribution in [0, 0.1) is 0 Å². The van der Waals surface area contributed by atoms with Crippen LogP contribution in [-0.2, 0) is 4.79 Å². The number of anilines is 1. The fourth-order valence-corrected chi connectivity index (χ4v) is 5.05. The van der Waals surface area contributed by atoms with Crippen LogP contribution in [0.3, 0.4) is 0 Å². The Labute approximate surface area is 199 Å². The molecule has 5 rings (SSSR count). The molecule has 174 valence electrons. The molecule has 7 heteroatoms. The zero-order chi connectivity index (χ0) is 23.7. The summed E-state index contributed by atoms with van der Waals surface area (Å²) in [6.45, 7) is 2.67. The normalized spacial score (nSPS) is 20.2. The topological polar surface area (TPSA) is 66.0 Å². The smallest absolute Gasteiger partial charge is 0.254 e. The number of ether oxygens (including phenoxy) is 1. The lowest BCUT2D eigenvalue weighted by Crippen LogP contribution is -2.53. The quantitative estimate of drug-likeness (QED) is 0.603. The Morgan fingerprint density at radius 3 is 2.32 bits per heavy atom. The van der Waals surface area contributed by atoms with Gasteiger partial charge in [-0.05, 0) is 41.5 Å². The van der Waals surface area contributed by atoms with Crippen molar-refractivity contribution in [1.29, 1.82) is 0 Å². The van der Waals surface area contributed by atoms with E-state index in [1.807, 2.05) is 71.6 Å². The Hall–Kier alpha value is -3.87. The lowest BCUT2D eigenvalue weighted by atomic mass is 9.79. The molecule has 3 aromatic rings. The molecule has 1 aromatic heterocycles. The monoisotopic (exact) mass is 456 g/mol. The number of benzene rings is 2. The first kappa shape index (κ1) is 21.9. The number of methoxy groups -OCH3 is 1. The molecule has 2 aliphatic heterocycles. The number of nitrogens with zero attached hydrogens (tertiary/aromatic N) is 4. The fraction of sp³-hybridized carbons (Fsp3) is 0.296. The molecule has 0 unspecified atom stereocenters. The molecule has 0 aliphatic carbocycles. The molecule has 0 spiro atoms. The number of hydrogen-bond donors (Lipinski definition) is 0. The number of fused-ring (bicyclic) bond motifs is 1. The Morgan fingerprint density at radius 2 is 1.65 bits per heavy atom. The number of hydrogen-bond acceptors (Lipinski definition) is 5. The number of carbonyl (C=O) groups excluding carboxylic acids is 2. The van der Waals surface area contributed by atoms with Crippen LogP contribution in [0.4, 0.5) is 5.82 Å². The van der Waals surface area contributed by atoms with Gasteiger partial charge in [-0.3, -0.25) is 9.59 Å². The molecule has 0 radical (unpaired) electrons. The van der Waals surface area contributed by atoms with Crippen LogP contribution in [0.2, 0.25) is 0 Å². The van der Waals surface area contributed by atoms with Crippen molar-refractivity contribution in [3.8, 4) is 5.75 Å². The van der Waals surface area contributed by atoms with Gasteiger partial charge in [0.25, 0.3) is 5.91 Å². The van der Waals surface area contributed by atoms with Gasteiger partial charge in [-0.25, -0.2) is 4.98 Å². The van der Waals surface area contributed by atoms with E-state index in [-0.39, 0.29) is 11.8 Å². The number of piperazine rings is 1. The lowest BCUT2D eigenvalue weighted by molar-refractivity contribution is -0.134. The molecule has 3 heterocycles. The average Bonchev–Trinajstić information content (AvgIpc) is 2.91. The highest BCUT2D eigenvalue weighted by Crippen LogP contribution is 2.43. The number of rotatable bonds is 4. The molecule has 2 amide bonds. The van der Waals surface area contributed by atoms with Crippen LogP contribution >= 0.6 is 0 Å². The van der Waals surface area contributed by atoms with Crippen molar-refractivity contribution >= 4 is 17.6 Å². The predicted molar refractivity (Wildman–Crippen MR) is 130 cm³/mol. The van der Waals surface area contributed by atoms with Gasteiger partial charge in [0.1, 0.15) is 11.6 Å². The molecular formula is C27H28N4O3. The highest BCUT2D eigenvalue weighted by molar-refractivity contribution is 6.01. The molecular weight excluding hydrogens is 428 g/mol. The summed E-state index contributed by atoms with van der Waals surface area (Å²) < 4.78 is 5.31. The Morgan fingerprint density at radius 1 is 0.941 bits per heavy atom. The molecule has 2 atom stereocenters. The van der Waals surface area contributed by atoms with E-state index in [0.717, 1.165) is 35.8 Å². The zero-order valence-corrected chi connectivity index (χ0v) is 19.4. The second kappa shape index (κ2) is 9.17. The second-order valence-electron chi connectivity index (χ2n) is 8.70.